The third-order valence-corrected chi connectivity index (χ3v) is 0.167. The van der Waals surface area contributed by atoms with Gasteiger partial charge in [0.05, 0.1) is 0 Å². The Morgan fingerprint density at radius 2 is 1.38 bits per heavy atom. The molecule has 0 aliphatic heterocycles. The highest BCUT2D eigenvalue weighted by atomic mass is 35.5. The maximum Gasteiger partial charge on any atom is 0.0402 e. The van der Waals surface area contributed by atoms with Crippen LogP contribution in [0.3, 0.4) is 0 Å². The minimum Gasteiger partial charge on any atom is -0.397 e. The second kappa shape index (κ2) is 27.2. The molecule has 0 amide bonds. The van der Waals surface area contributed by atoms with Gasteiger partial charge in [-0.3, -0.25) is 0 Å². The lowest BCUT2D eigenvalue weighted by atomic mass is 10.7. The third kappa shape index (κ3) is 120. The van der Waals surface area contributed by atoms with E-state index in [4.69, 9.17) is 16.6 Å². The van der Waals surface area contributed by atoms with E-state index < -0.39 is 0 Å². The molecule has 0 bridgehead atoms. The lowest BCUT2D eigenvalue weighted by Crippen LogP contribution is -2.11. The molecule has 0 spiro atoms. The van der Waals surface area contributed by atoms with Crippen LogP contribution in [0.5, 0.6) is 0 Å². The Morgan fingerprint density at radius 1 is 1.25 bits per heavy atom. The summed E-state index contributed by atoms with van der Waals surface area (Å²) in [5.74, 6) is 0. The van der Waals surface area contributed by atoms with Crippen LogP contribution in [0, 0.1) is 0 Å². The second-order valence-corrected chi connectivity index (χ2v) is 0.894. The van der Waals surface area contributed by atoms with Gasteiger partial charge in [0.15, 0.2) is 0 Å². The Morgan fingerprint density at radius 3 is 1.38 bits per heavy atom. The molecule has 0 unspecified atom stereocenters. The summed E-state index contributed by atoms with van der Waals surface area (Å²) in [7, 11) is 0. The van der Waals surface area contributed by atoms with Gasteiger partial charge in [-0.05, 0) is 6.92 Å². The number of aliphatic hydroxyl groups is 1. The van der Waals surface area contributed by atoms with E-state index in [2.05, 4.69) is 0 Å². The average Bonchev–Trinajstić information content (AvgIpc) is 1.69. The Labute approximate surface area is 56.5 Å². The molecule has 0 radical (unpaired) electrons. The molecular weight excluding hydrogens is 128 g/mol. The highest BCUT2D eigenvalue weighted by Crippen LogP contribution is 1.30. The first kappa shape index (κ1) is 15.7. The van der Waals surface area contributed by atoms with Gasteiger partial charge in [-0.2, -0.15) is 0 Å². The van der Waals surface area contributed by atoms with Gasteiger partial charge in [0, 0.05) is 19.7 Å². The zero-order valence-corrected chi connectivity index (χ0v) is 5.95. The predicted octanol–water partition coefficient (Wildman–Crippen LogP) is -0.676. The molecule has 54 valence electrons. The van der Waals surface area contributed by atoms with Crippen LogP contribution in [-0.4, -0.2) is 24.8 Å². The van der Waals surface area contributed by atoms with E-state index in [-0.39, 0.29) is 19.0 Å². The maximum atomic E-state index is 7.57. The molecule has 8 heavy (non-hydrogen) atoms. The van der Waals surface area contributed by atoms with Crippen LogP contribution < -0.4 is 11.5 Å². The third-order valence-electron chi connectivity index (χ3n) is 0.167. The van der Waals surface area contributed by atoms with Crippen LogP contribution in [0.25, 0.3) is 0 Å². The summed E-state index contributed by atoms with van der Waals surface area (Å²) in [6.07, 6.45) is 0. The topological polar surface area (TPSA) is 72.3 Å². The van der Waals surface area contributed by atoms with Crippen LogP contribution in [0.1, 0.15) is 6.92 Å². The summed E-state index contributed by atoms with van der Waals surface area (Å²) in [5, 5.41) is 7.57. The summed E-state index contributed by atoms with van der Waals surface area (Å²) < 4.78 is 0. The van der Waals surface area contributed by atoms with Crippen LogP contribution in [0.2, 0.25) is 0 Å². The molecule has 0 fully saturated rings. The summed E-state index contributed by atoms with van der Waals surface area (Å²) in [6.45, 7) is 3.12. The fraction of sp³-hybridized carbons (Fsp3) is 1.00. The summed E-state index contributed by atoms with van der Waals surface area (Å²) in [5.41, 5.74) is 9.81. The quantitative estimate of drug-likeness (QED) is 0.455. The van der Waals surface area contributed by atoms with E-state index in [1.54, 1.807) is 6.92 Å². The first-order valence-corrected chi connectivity index (χ1v) is 2.34. The zero-order valence-electron chi connectivity index (χ0n) is 5.13. The van der Waals surface area contributed by atoms with Gasteiger partial charge in [-0.15, -0.1) is 12.4 Å². The Kier molecular flexibility index (Phi) is 53.4. The number of nitrogens with two attached hydrogens (primary N) is 2. The van der Waals surface area contributed by atoms with E-state index in [1.807, 2.05) is 0 Å². The molecule has 4 heteroatoms. The van der Waals surface area contributed by atoms with Gasteiger partial charge in [0.25, 0.3) is 0 Å². The molecule has 0 atom stereocenters. The van der Waals surface area contributed by atoms with Gasteiger partial charge in [0.1, 0.15) is 0 Å². The molecular formula is C4H15ClN2O. The first-order chi connectivity index (χ1) is 3.33. The van der Waals surface area contributed by atoms with E-state index in [9.17, 15) is 0 Å². The van der Waals surface area contributed by atoms with E-state index in [0.29, 0.717) is 13.1 Å². The molecule has 5 N–H and O–H groups in total. The first-order valence-electron chi connectivity index (χ1n) is 2.34. The maximum absolute atomic E-state index is 7.57. The van der Waals surface area contributed by atoms with E-state index in [1.165, 1.54) is 0 Å². The van der Waals surface area contributed by atoms with Crippen LogP contribution in [0.4, 0.5) is 0 Å². The van der Waals surface area contributed by atoms with Gasteiger partial charge >= 0.3 is 0 Å². The smallest absolute Gasteiger partial charge is 0.0402 e. The van der Waals surface area contributed by atoms with Crippen LogP contribution in [-0.2, 0) is 0 Å². The minimum absolute atomic E-state index is 0. The van der Waals surface area contributed by atoms with Crippen molar-refractivity contribution in [1.82, 2.24) is 0 Å². The fourth-order valence-electron chi connectivity index (χ4n) is 0. The molecule has 0 rings (SSSR count). The van der Waals surface area contributed by atoms with Gasteiger partial charge < -0.3 is 16.6 Å². The molecule has 0 saturated carbocycles. The molecule has 0 heterocycles. The molecule has 0 aromatic heterocycles. The lowest BCUT2D eigenvalue weighted by molar-refractivity contribution is 0.318. The number of rotatable bonds is 1. The average molecular weight is 143 g/mol. The van der Waals surface area contributed by atoms with Crippen molar-refractivity contribution in [2.45, 2.75) is 6.92 Å². The van der Waals surface area contributed by atoms with Crippen LogP contribution in [0.15, 0.2) is 0 Å². The number of halogens is 1. The summed E-state index contributed by atoms with van der Waals surface area (Å²) >= 11 is 0. The predicted molar refractivity (Wildman–Crippen MR) is 38.1 cm³/mol. The van der Waals surface area contributed by atoms with Crippen molar-refractivity contribution in [3.05, 3.63) is 0 Å². The van der Waals surface area contributed by atoms with Gasteiger partial charge in [-0.1, -0.05) is 0 Å². The molecule has 0 aromatic carbocycles. The molecule has 0 aliphatic carbocycles. The number of aliphatic hydroxyl groups excluding tert-OH is 1. The van der Waals surface area contributed by atoms with Crippen molar-refractivity contribution < 1.29 is 5.11 Å². The normalized spacial score (nSPS) is 6.00. The van der Waals surface area contributed by atoms with Crippen molar-refractivity contribution in [2.75, 3.05) is 19.7 Å². The summed E-state index contributed by atoms with van der Waals surface area (Å²) in [6, 6.07) is 0. The van der Waals surface area contributed by atoms with E-state index in [0.717, 1.165) is 0 Å². The van der Waals surface area contributed by atoms with Crippen molar-refractivity contribution >= 4 is 12.4 Å². The molecule has 0 saturated heterocycles. The van der Waals surface area contributed by atoms with Crippen molar-refractivity contribution in [3.63, 3.8) is 0 Å². The Balaban J connectivity index is -0.0000000575. The highest BCUT2D eigenvalue weighted by molar-refractivity contribution is 5.85. The van der Waals surface area contributed by atoms with Gasteiger partial charge in [-0.25, -0.2) is 0 Å². The second-order valence-electron chi connectivity index (χ2n) is 0.894. The lowest BCUT2D eigenvalue weighted by Gasteiger charge is -1.72. The molecule has 0 aromatic rings. The van der Waals surface area contributed by atoms with Crippen LogP contribution >= 0.6 is 12.4 Å². The number of hydrogen-bond acceptors (Lipinski definition) is 3. The monoisotopic (exact) mass is 142 g/mol. The Bertz CT molecular complexity index is 21.5. The standard InChI is InChI=1S/C2H8N2.C2H6O.ClH/c3-1-2-4;1-2-3;/h1-4H2;3H,2H2,1H3;1H. The molecule has 3 nitrogen and oxygen atoms in total. The number of hydrogen-bond donors (Lipinski definition) is 3. The largest absolute Gasteiger partial charge is 0.397 e. The van der Waals surface area contributed by atoms with Crippen molar-refractivity contribution in [3.8, 4) is 0 Å². The zero-order chi connectivity index (χ0) is 6.12. The fourth-order valence-corrected chi connectivity index (χ4v) is 0. The van der Waals surface area contributed by atoms with Gasteiger partial charge in [0.2, 0.25) is 0 Å². The highest BCUT2D eigenvalue weighted by Gasteiger charge is 1.54. The van der Waals surface area contributed by atoms with Crippen molar-refractivity contribution in [2.24, 2.45) is 11.5 Å². The van der Waals surface area contributed by atoms with E-state index >= 15 is 0 Å². The minimum atomic E-state index is 0. The Hall–Kier alpha value is 0.170. The SMILES string of the molecule is CCO.Cl.NCCN. The van der Waals surface area contributed by atoms with Crippen molar-refractivity contribution in [1.29, 1.82) is 0 Å². The molecule has 0 aliphatic rings. The summed E-state index contributed by atoms with van der Waals surface area (Å²) in [4.78, 5) is 0.